The molecule has 3 amide bonds. The lowest BCUT2D eigenvalue weighted by molar-refractivity contribution is -0.123. The average molecular weight is 447 g/mol. The molecule has 170 valence electrons. The van der Waals surface area contributed by atoms with Crippen molar-refractivity contribution in [2.75, 3.05) is 6.61 Å². The highest BCUT2D eigenvalue weighted by molar-refractivity contribution is 5.96. The Bertz CT molecular complexity index is 1050. The van der Waals surface area contributed by atoms with Crippen LogP contribution >= 0.6 is 0 Å². The molecule has 9 heteroatoms. The van der Waals surface area contributed by atoms with Gasteiger partial charge < -0.3 is 10.1 Å². The molecule has 1 fully saturated rings. The zero-order valence-corrected chi connectivity index (χ0v) is 18.1. The Hall–Kier alpha value is -4.01. The number of nitrogens with one attached hydrogen (secondary N) is 2. The van der Waals surface area contributed by atoms with E-state index in [2.05, 4.69) is 20.7 Å². The predicted octanol–water partition coefficient (Wildman–Crippen LogP) is 3.25. The second-order valence-corrected chi connectivity index (χ2v) is 7.81. The van der Waals surface area contributed by atoms with E-state index < -0.39 is 24.5 Å². The number of esters is 1. The Kier molecular flexibility index (Phi) is 7.09. The fourth-order valence-corrected chi connectivity index (χ4v) is 3.75. The van der Waals surface area contributed by atoms with E-state index in [-0.39, 0.29) is 11.9 Å². The molecule has 0 spiro atoms. The normalized spacial score (nSPS) is 13.8. The summed E-state index contributed by atoms with van der Waals surface area (Å²) in [6.07, 6.45) is 5.08. The molecule has 9 nitrogen and oxygen atoms in total. The molecule has 2 aromatic carbocycles. The maximum absolute atomic E-state index is 12.5. The number of carbonyl (C=O) groups excluding carboxylic acids is 3. The molecule has 1 aromatic heterocycles. The third-order valence-corrected chi connectivity index (χ3v) is 5.35. The predicted molar refractivity (Wildman–Crippen MR) is 121 cm³/mol. The molecule has 1 aliphatic carbocycles. The second kappa shape index (κ2) is 10.5. The van der Waals surface area contributed by atoms with Crippen molar-refractivity contribution >= 4 is 17.9 Å². The third-order valence-electron chi connectivity index (χ3n) is 5.35. The molecule has 2 N–H and O–H groups in total. The minimum atomic E-state index is -0.857. The number of hydrogen-bond acceptors (Lipinski definition) is 6. The summed E-state index contributed by atoms with van der Waals surface area (Å²) in [5.74, 6) is -1.30. The van der Waals surface area contributed by atoms with E-state index in [1.54, 1.807) is 4.68 Å². The number of rotatable bonds is 6. The van der Waals surface area contributed by atoms with E-state index in [1.807, 2.05) is 60.7 Å². The van der Waals surface area contributed by atoms with Gasteiger partial charge in [0.1, 0.15) is 0 Å². The molecular weight excluding hydrogens is 422 g/mol. The lowest BCUT2D eigenvalue weighted by Gasteiger charge is -2.22. The van der Waals surface area contributed by atoms with Crippen molar-refractivity contribution < 1.29 is 19.1 Å². The van der Waals surface area contributed by atoms with Crippen molar-refractivity contribution in [1.82, 2.24) is 25.4 Å². The molecule has 0 saturated heterocycles. The van der Waals surface area contributed by atoms with Crippen molar-refractivity contribution in [1.29, 1.82) is 0 Å². The van der Waals surface area contributed by atoms with E-state index in [1.165, 1.54) is 0 Å². The van der Waals surface area contributed by atoms with Gasteiger partial charge in [-0.15, -0.1) is 5.10 Å². The van der Waals surface area contributed by atoms with Gasteiger partial charge in [-0.2, -0.15) is 0 Å². The lowest BCUT2D eigenvalue weighted by atomic mass is 9.96. The average Bonchev–Trinajstić information content (AvgIpc) is 3.30. The van der Waals surface area contributed by atoms with Crippen LogP contribution in [-0.2, 0) is 9.53 Å². The van der Waals surface area contributed by atoms with Crippen molar-refractivity contribution in [3.63, 3.8) is 0 Å². The summed E-state index contributed by atoms with van der Waals surface area (Å²) < 4.78 is 6.60. The van der Waals surface area contributed by atoms with Gasteiger partial charge in [0, 0.05) is 11.6 Å². The Morgan fingerprint density at radius 2 is 1.61 bits per heavy atom. The van der Waals surface area contributed by atoms with Crippen LogP contribution in [0.25, 0.3) is 17.1 Å². The van der Waals surface area contributed by atoms with Gasteiger partial charge >= 0.3 is 12.0 Å². The maximum atomic E-state index is 12.5. The van der Waals surface area contributed by atoms with Gasteiger partial charge in [-0.1, -0.05) is 67.8 Å². The van der Waals surface area contributed by atoms with Crippen LogP contribution in [0.15, 0.2) is 60.7 Å². The van der Waals surface area contributed by atoms with Gasteiger partial charge in [-0.05, 0) is 25.0 Å². The minimum Gasteiger partial charge on any atom is -0.450 e. The molecule has 0 unspecified atom stereocenters. The van der Waals surface area contributed by atoms with Gasteiger partial charge in [0.25, 0.3) is 11.7 Å². The molecule has 0 atom stereocenters. The number of carbonyl (C=O) groups is 3. The number of urea groups is 1. The SMILES string of the molecule is O=C(COC(=O)c1nc(-c2ccccc2)n(-c2ccccc2)n1)NC(=O)NC1CCCCC1. The molecule has 0 bridgehead atoms. The van der Waals surface area contributed by atoms with Gasteiger partial charge in [-0.3, -0.25) is 10.1 Å². The van der Waals surface area contributed by atoms with E-state index in [0.29, 0.717) is 5.82 Å². The number of ether oxygens (including phenoxy) is 1. The maximum Gasteiger partial charge on any atom is 0.378 e. The largest absolute Gasteiger partial charge is 0.450 e. The monoisotopic (exact) mass is 447 g/mol. The summed E-state index contributed by atoms with van der Waals surface area (Å²) in [5, 5.41) is 9.26. The Morgan fingerprint density at radius 3 is 2.30 bits per heavy atom. The van der Waals surface area contributed by atoms with E-state index >= 15 is 0 Å². The summed E-state index contributed by atoms with van der Waals surface area (Å²) in [6, 6.07) is 18.1. The fraction of sp³-hybridized carbons (Fsp3) is 0.292. The first kappa shape index (κ1) is 22.2. The van der Waals surface area contributed by atoms with E-state index in [4.69, 9.17) is 4.74 Å². The molecule has 0 aliphatic heterocycles. The third kappa shape index (κ3) is 5.82. The fourth-order valence-electron chi connectivity index (χ4n) is 3.75. The van der Waals surface area contributed by atoms with Crippen LogP contribution in [0.3, 0.4) is 0 Å². The van der Waals surface area contributed by atoms with Gasteiger partial charge in [-0.25, -0.2) is 19.3 Å². The highest BCUT2D eigenvalue weighted by Gasteiger charge is 2.22. The molecule has 1 aliphatic rings. The minimum absolute atomic E-state index is 0.0664. The van der Waals surface area contributed by atoms with Crippen LogP contribution in [0.5, 0.6) is 0 Å². The number of amides is 3. The lowest BCUT2D eigenvalue weighted by Crippen LogP contribution is -2.46. The summed E-state index contributed by atoms with van der Waals surface area (Å²) in [4.78, 5) is 40.9. The van der Waals surface area contributed by atoms with Gasteiger partial charge in [0.05, 0.1) is 5.69 Å². The van der Waals surface area contributed by atoms with Crippen LogP contribution in [0.2, 0.25) is 0 Å². The van der Waals surface area contributed by atoms with Crippen molar-refractivity contribution in [3.8, 4) is 17.1 Å². The Morgan fingerprint density at radius 1 is 0.939 bits per heavy atom. The van der Waals surface area contributed by atoms with Crippen molar-refractivity contribution in [3.05, 3.63) is 66.5 Å². The molecule has 1 saturated carbocycles. The quantitative estimate of drug-likeness (QED) is 0.561. The standard InChI is InChI=1S/C24H25N5O4/c30-20(26-24(32)25-18-12-6-2-7-13-18)16-33-23(31)21-27-22(17-10-4-1-5-11-17)29(28-21)19-14-8-3-9-15-19/h1,3-5,8-11,14-15,18H,2,6-7,12-13,16H2,(H2,25,26,30,32). The van der Waals surface area contributed by atoms with Crippen LogP contribution < -0.4 is 10.6 Å². The van der Waals surface area contributed by atoms with Crippen molar-refractivity contribution in [2.45, 2.75) is 38.1 Å². The Labute approximate surface area is 191 Å². The molecule has 3 aromatic rings. The number of aromatic nitrogens is 3. The molecule has 0 radical (unpaired) electrons. The molecular formula is C24H25N5O4. The topological polar surface area (TPSA) is 115 Å². The first-order valence-corrected chi connectivity index (χ1v) is 11.0. The first-order valence-electron chi connectivity index (χ1n) is 11.0. The van der Waals surface area contributed by atoms with E-state index in [9.17, 15) is 14.4 Å². The van der Waals surface area contributed by atoms with Gasteiger partial charge in [0.2, 0.25) is 0 Å². The smallest absolute Gasteiger partial charge is 0.378 e. The van der Waals surface area contributed by atoms with Crippen LogP contribution in [-0.4, -0.2) is 45.3 Å². The molecule has 33 heavy (non-hydrogen) atoms. The zero-order valence-electron chi connectivity index (χ0n) is 18.1. The Balaban J connectivity index is 1.40. The van der Waals surface area contributed by atoms with Crippen LogP contribution in [0, 0.1) is 0 Å². The number of hydrogen-bond donors (Lipinski definition) is 2. The van der Waals surface area contributed by atoms with E-state index in [0.717, 1.165) is 43.4 Å². The molecule has 4 rings (SSSR count). The summed E-state index contributed by atoms with van der Waals surface area (Å²) in [5.41, 5.74) is 1.49. The van der Waals surface area contributed by atoms with Crippen LogP contribution in [0.1, 0.15) is 42.7 Å². The number of nitrogens with zero attached hydrogens (tertiary/aromatic N) is 3. The summed E-state index contributed by atoms with van der Waals surface area (Å²) >= 11 is 0. The zero-order chi connectivity index (χ0) is 23.0. The second-order valence-electron chi connectivity index (χ2n) is 7.81. The summed E-state index contributed by atoms with van der Waals surface area (Å²) in [7, 11) is 0. The molecule has 1 heterocycles. The summed E-state index contributed by atoms with van der Waals surface area (Å²) in [6.45, 7) is -0.614. The number of para-hydroxylation sites is 1. The van der Waals surface area contributed by atoms with Gasteiger partial charge in [0.15, 0.2) is 12.4 Å². The number of imide groups is 1. The highest BCUT2D eigenvalue weighted by atomic mass is 16.5. The number of benzene rings is 2. The van der Waals surface area contributed by atoms with Crippen LogP contribution in [0.4, 0.5) is 4.79 Å². The highest BCUT2D eigenvalue weighted by Crippen LogP contribution is 2.21. The first-order chi connectivity index (χ1) is 16.1. The van der Waals surface area contributed by atoms with Crippen molar-refractivity contribution in [2.24, 2.45) is 0 Å².